The number of hydrazone groups is 1. The van der Waals surface area contributed by atoms with Crippen LogP contribution in [0.5, 0.6) is 0 Å². The van der Waals surface area contributed by atoms with E-state index in [-0.39, 0.29) is 6.10 Å². The van der Waals surface area contributed by atoms with Gasteiger partial charge < -0.3 is 16.3 Å². The number of hydrogen-bond donors (Lipinski definition) is 2. The van der Waals surface area contributed by atoms with E-state index in [4.69, 9.17) is 16.3 Å². The Morgan fingerprint density at radius 1 is 1.73 bits per heavy atom. The van der Waals surface area contributed by atoms with Gasteiger partial charge in [-0.3, -0.25) is 0 Å². The summed E-state index contributed by atoms with van der Waals surface area (Å²) in [5, 5.41) is 3.44. The van der Waals surface area contributed by atoms with Gasteiger partial charge in [0.25, 0.3) is 0 Å². The fourth-order valence-corrected chi connectivity index (χ4v) is 1.11. The lowest BCUT2D eigenvalue weighted by atomic mass is 10.2. The summed E-state index contributed by atoms with van der Waals surface area (Å²) in [6.07, 6.45) is 2.33. The molecule has 4 nitrogen and oxygen atoms in total. The molecule has 64 valence electrons. The SMILES string of the molecule is CCOC(C(N)=NN)C1CC1. The van der Waals surface area contributed by atoms with E-state index >= 15 is 0 Å². The van der Waals surface area contributed by atoms with Gasteiger partial charge in [0, 0.05) is 6.61 Å². The van der Waals surface area contributed by atoms with Crippen LogP contribution in [0.4, 0.5) is 0 Å². The third-order valence-electron chi connectivity index (χ3n) is 1.84. The quantitative estimate of drug-likeness (QED) is 0.262. The number of nitrogens with zero attached hydrogens (tertiary/aromatic N) is 1. The first-order chi connectivity index (χ1) is 5.29. The van der Waals surface area contributed by atoms with Gasteiger partial charge in [0.2, 0.25) is 0 Å². The van der Waals surface area contributed by atoms with Crippen LogP contribution in [0.2, 0.25) is 0 Å². The van der Waals surface area contributed by atoms with Crippen molar-refractivity contribution in [1.29, 1.82) is 0 Å². The summed E-state index contributed by atoms with van der Waals surface area (Å²) >= 11 is 0. The van der Waals surface area contributed by atoms with Crippen molar-refractivity contribution in [2.45, 2.75) is 25.9 Å². The summed E-state index contributed by atoms with van der Waals surface area (Å²) in [6.45, 7) is 2.61. The number of rotatable bonds is 4. The standard InChI is InChI=1S/C7H15N3O/c1-2-11-6(5-3-4-5)7(8)10-9/h5-6H,2-4,9H2,1H3,(H2,8,10). The molecular weight excluding hydrogens is 142 g/mol. The van der Waals surface area contributed by atoms with E-state index in [0.29, 0.717) is 18.4 Å². The molecule has 4 heteroatoms. The predicted molar refractivity (Wildman–Crippen MR) is 43.9 cm³/mol. The van der Waals surface area contributed by atoms with Crippen LogP contribution in [0.3, 0.4) is 0 Å². The van der Waals surface area contributed by atoms with Crippen LogP contribution in [0.25, 0.3) is 0 Å². The van der Waals surface area contributed by atoms with Crippen molar-refractivity contribution in [3.8, 4) is 0 Å². The first-order valence-corrected chi connectivity index (χ1v) is 3.94. The molecule has 0 aromatic rings. The largest absolute Gasteiger partial charge is 0.384 e. The van der Waals surface area contributed by atoms with Gasteiger partial charge in [-0.05, 0) is 25.7 Å². The van der Waals surface area contributed by atoms with E-state index < -0.39 is 0 Å². The molecular formula is C7H15N3O. The van der Waals surface area contributed by atoms with Crippen LogP contribution in [0, 0.1) is 5.92 Å². The summed E-state index contributed by atoms with van der Waals surface area (Å²) in [6, 6.07) is 0. The van der Waals surface area contributed by atoms with Crippen LogP contribution in [-0.4, -0.2) is 18.5 Å². The molecule has 1 rings (SSSR count). The minimum Gasteiger partial charge on any atom is -0.384 e. The Labute approximate surface area is 66.6 Å². The van der Waals surface area contributed by atoms with Crippen molar-refractivity contribution in [3.05, 3.63) is 0 Å². The molecule has 1 aliphatic carbocycles. The van der Waals surface area contributed by atoms with Crippen molar-refractivity contribution in [1.82, 2.24) is 0 Å². The molecule has 1 atom stereocenters. The van der Waals surface area contributed by atoms with Gasteiger partial charge in [0.15, 0.2) is 0 Å². The zero-order valence-electron chi connectivity index (χ0n) is 6.79. The summed E-state index contributed by atoms with van der Waals surface area (Å²) in [7, 11) is 0. The second-order valence-electron chi connectivity index (χ2n) is 2.77. The molecule has 0 aromatic heterocycles. The van der Waals surface area contributed by atoms with E-state index in [9.17, 15) is 0 Å². The lowest BCUT2D eigenvalue weighted by molar-refractivity contribution is 0.0936. The molecule has 0 bridgehead atoms. The second-order valence-corrected chi connectivity index (χ2v) is 2.77. The second kappa shape index (κ2) is 3.57. The number of hydrogen-bond acceptors (Lipinski definition) is 3. The number of amidine groups is 1. The van der Waals surface area contributed by atoms with Crippen molar-refractivity contribution in [2.75, 3.05) is 6.61 Å². The highest BCUT2D eigenvalue weighted by Crippen LogP contribution is 2.34. The molecule has 1 aliphatic rings. The van der Waals surface area contributed by atoms with Crippen LogP contribution < -0.4 is 11.6 Å². The van der Waals surface area contributed by atoms with Crippen LogP contribution in [0.1, 0.15) is 19.8 Å². The van der Waals surface area contributed by atoms with Crippen LogP contribution in [-0.2, 0) is 4.74 Å². The minimum absolute atomic E-state index is 0.0370. The lowest BCUT2D eigenvalue weighted by Crippen LogP contribution is -2.34. The normalized spacial score (nSPS) is 21.7. The van der Waals surface area contributed by atoms with Gasteiger partial charge in [-0.25, -0.2) is 0 Å². The maximum Gasteiger partial charge on any atom is 0.148 e. The highest BCUT2D eigenvalue weighted by atomic mass is 16.5. The zero-order valence-corrected chi connectivity index (χ0v) is 6.79. The average molecular weight is 157 g/mol. The molecule has 1 saturated carbocycles. The molecule has 0 heterocycles. The minimum atomic E-state index is -0.0370. The third kappa shape index (κ3) is 2.08. The molecule has 4 N–H and O–H groups in total. The van der Waals surface area contributed by atoms with Crippen LogP contribution >= 0.6 is 0 Å². The first kappa shape index (κ1) is 8.33. The Bertz CT molecular complexity index is 154. The maximum absolute atomic E-state index is 5.54. The van der Waals surface area contributed by atoms with E-state index in [0.717, 1.165) is 0 Å². The van der Waals surface area contributed by atoms with E-state index in [1.54, 1.807) is 0 Å². The highest BCUT2D eigenvalue weighted by molar-refractivity contribution is 5.85. The molecule has 0 saturated heterocycles. The molecule has 0 aromatic carbocycles. The maximum atomic E-state index is 5.54. The third-order valence-corrected chi connectivity index (χ3v) is 1.84. The molecule has 0 amide bonds. The Morgan fingerprint density at radius 3 is 2.73 bits per heavy atom. The predicted octanol–water partition coefficient (Wildman–Crippen LogP) is 0.0324. The van der Waals surface area contributed by atoms with Crippen molar-refractivity contribution >= 4 is 5.84 Å². The fraction of sp³-hybridized carbons (Fsp3) is 0.857. The van der Waals surface area contributed by atoms with Gasteiger partial charge in [-0.1, -0.05) is 0 Å². The molecule has 0 spiro atoms. The van der Waals surface area contributed by atoms with Crippen molar-refractivity contribution in [3.63, 3.8) is 0 Å². The average Bonchev–Trinajstić information content (AvgIpc) is 2.81. The van der Waals surface area contributed by atoms with Gasteiger partial charge in [-0.2, -0.15) is 5.10 Å². The fourth-order valence-electron chi connectivity index (χ4n) is 1.11. The first-order valence-electron chi connectivity index (χ1n) is 3.94. The monoisotopic (exact) mass is 157 g/mol. The Hall–Kier alpha value is -0.770. The van der Waals surface area contributed by atoms with Gasteiger partial charge in [0.1, 0.15) is 11.9 Å². The summed E-state index contributed by atoms with van der Waals surface area (Å²) < 4.78 is 5.38. The molecule has 11 heavy (non-hydrogen) atoms. The van der Waals surface area contributed by atoms with Crippen molar-refractivity contribution in [2.24, 2.45) is 22.6 Å². The number of ether oxygens (including phenoxy) is 1. The van der Waals surface area contributed by atoms with E-state index in [1.807, 2.05) is 6.92 Å². The zero-order chi connectivity index (χ0) is 8.27. The topological polar surface area (TPSA) is 73.6 Å². The van der Waals surface area contributed by atoms with Crippen LogP contribution in [0.15, 0.2) is 5.10 Å². The van der Waals surface area contributed by atoms with Crippen molar-refractivity contribution < 1.29 is 4.74 Å². The van der Waals surface area contributed by atoms with Gasteiger partial charge in [-0.15, -0.1) is 0 Å². The lowest BCUT2D eigenvalue weighted by Gasteiger charge is -2.14. The Balaban J connectivity index is 2.44. The summed E-state index contributed by atoms with van der Waals surface area (Å²) in [5.74, 6) is 6.03. The van der Waals surface area contributed by atoms with E-state index in [1.165, 1.54) is 12.8 Å². The van der Waals surface area contributed by atoms with Gasteiger partial charge in [0.05, 0.1) is 0 Å². The molecule has 0 radical (unpaired) electrons. The molecule has 1 unspecified atom stereocenters. The molecule has 0 aliphatic heterocycles. The Kier molecular flexibility index (Phi) is 2.70. The Morgan fingerprint density at radius 2 is 2.36 bits per heavy atom. The van der Waals surface area contributed by atoms with Gasteiger partial charge >= 0.3 is 0 Å². The number of nitrogens with two attached hydrogens (primary N) is 2. The molecule has 1 fully saturated rings. The summed E-state index contributed by atoms with van der Waals surface area (Å²) in [5.41, 5.74) is 5.54. The van der Waals surface area contributed by atoms with E-state index in [2.05, 4.69) is 5.10 Å². The smallest absolute Gasteiger partial charge is 0.148 e. The highest BCUT2D eigenvalue weighted by Gasteiger charge is 2.34. The summed E-state index contributed by atoms with van der Waals surface area (Å²) in [4.78, 5) is 0.